The van der Waals surface area contributed by atoms with Gasteiger partial charge in [-0.3, -0.25) is 0 Å². The molecule has 1 heterocycles. The molecule has 0 fully saturated rings. The van der Waals surface area contributed by atoms with Crippen LogP contribution in [-0.2, 0) is 17.7 Å². The molecule has 114 valence electrons. The molecule has 1 aliphatic rings. The fraction of sp³-hybridized carbons (Fsp3) is 0.765. The Hall–Kier alpha value is -0.800. The van der Waals surface area contributed by atoms with Crippen molar-refractivity contribution in [2.75, 3.05) is 13.7 Å². The van der Waals surface area contributed by atoms with E-state index in [2.05, 4.69) is 44.5 Å². The largest absolute Gasteiger partial charge is 0.388 e. The van der Waals surface area contributed by atoms with E-state index in [4.69, 9.17) is 4.74 Å². The Morgan fingerprint density at radius 2 is 2.15 bits per heavy atom. The molecule has 20 heavy (non-hydrogen) atoms. The molecule has 0 saturated carbocycles. The molecule has 0 spiro atoms. The molecule has 1 aromatic rings. The number of aliphatic hydroxyl groups excluding tert-OH is 1. The van der Waals surface area contributed by atoms with Crippen LogP contribution in [0, 0.1) is 10.8 Å². The number of ether oxygens (including phenoxy) is 1. The summed E-state index contributed by atoms with van der Waals surface area (Å²) in [7, 11) is 1.76. The molecule has 0 radical (unpaired) electrons. The van der Waals surface area contributed by atoms with Gasteiger partial charge in [-0.25, -0.2) is 0 Å². The molecule has 3 nitrogen and oxygen atoms in total. The van der Waals surface area contributed by atoms with E-state index in [1.165, 1.54) is 5.69 Å². The summed E-state index contributed by atoms with van der Waals surface area (Å²) in [5.41, 5.74) is 2.83. The van der Waals surface area contributed by atoms with Gasteiger partial charge < -0.3 is 14.4 Å². The first-order valence-electron chi connectivity index (χ1n) is 7.59. The maximum absolute atomic E-state index is 10.3. The fourth-order valence-electron chi connectivity index (χ4n) is 3.25. The number of methoxy groups -OCH3 is 1. The zero-order valence-electron chi connectivity index (χ0n) is 13.6. The number of fused-ring (bicyclic) bond motifs is 1. The van der Waals surface area contributed by atoms with Gasteiger partial charge in [0.05, 0.1) is 6.10 Å². The summed E-state index contributed by atoms with van der Waals surface area (Å²) < 4.78 is 7.55. The van der Waals surface area contributed by atoms with Gasteiger partial charge in [0.1, 0.15) is 0 Å². The average molecular weight is 279 g/mol. The van der Waals surface area contributed by atoms with E-state index in [1.807, 2.05) is 0 Å². The number of aliphatic hydroxyl groups is 1. The molecular formula is C17H29NO2. The zero-order chi connectivity index (χ0) is 15.0. The van der Waals surface area contributed by atoms with Gasteiger partial charge >= 0.3 is 0 Å². The quantitative estimate of drug-likeness (QED) is 0.894. The van der Waals surface area contributed by atoms with Crippen molar-refractivity contribution in [2.24, 2.45) is 10.8 Å². The summed E-state index contributed by atoms with van der Waals surface area (Å²) in [5, 5.41) is 10.3. The average Bonchev–Trinajstić information content (AvgIpc) is 2.68. The molecule has 1 unspecified atom stereocenters. The number of nitrogens with zero attached hydrogens (tertiary/aromatic N) is 1. The molecule has 3 heteroatoms. The van der Waals surface area contributed by atoms with Crippen LogP contribution in [0.25, 0.3) is 0 Å². The lowest BCUT2D eigenvalue weighted by molar-refractivity contribution is 0.0960. The van der Waals surface area contributed by atoms with Gasteiger partial charge in [-0.1, -0.05) is 27.7 Å². The summed E-state index contributed by atoms with van der Waals surface area (Å²) in [5.74, 6) is 0. The zero-order valence-corrected chi connectivity index (χ0v) is 13.6. The Labute approximate surface area is 122 Å². The molecule has 1 aliphatic carbocycles. The molecule has 0 bridgehead atoms. The molecule has 0 aromatic carbocycles. The normalized spacial score (nSPS) is 21.8. The van der Waals surface area contributed by atoms with Crippen molar-refractivity contribution < 1.29 is 9.84 Å². The van der Waals surface area contributed by atoms with Crippen molar-refractivity contribution in [1.82, 2.24) is 4.57 Å². The summed E-state index contributed by atoms with van der Waals surface area (Å²) >= 11 is 0. The summed E-state index contributed by atoms with van der Waals surface area (Å²) in [6, 6.07) is 2.10. The Bertz CT molecular complexity index is 460. The number of hydrogen-bond acceptors (Lipinski definition) is 2. The van der Waals surface area contributed by atoms with Crippen LogP contribution in [-0.4, -0.2) is 23.4 Å². The second-order valence-electron chi connectivity index (χ2n) is 7.81. The monoisotopic (exact) mass is 279 g/mol. The number of hydrogen-bond donors (Lipinski definition) is 1. The maximum atomic E-state index is 10.3. The maximum Gasteiger partial charge on any atom is 0.0812 e. The minimum atomic E-state index is -0.308. The Morgan fingerprint density at radius 1 is 1.45 bits per heavy atom. The minimum absolute atomic E-state index is 0.180. The van der Waals surface area contributed by atoms with Crippen molar-refractivity contribution in [3.05, 3.63) is 23.5 Å². The molecule has 2 rings (SSSR count). The molecular weight excluding hydrogens is 250 g/mol. The van der Waals surface area contributed by atoms with Gasteiger partial charge in [0.25, 0.3) is 0 Å². The lowest BCUT2D eigenvalue weighted by Crippen LogP contribution is -2.29. The van der Waals surface area contributed by atoms with Crippen LogP contribution >= 0.6 is 0 Å². The van der Waals surface area contributed by atoms with Crippen molar-refractivity contribution in [1.29, 1.82) is 0 Å². The summed E-state index contributed by atoms with van der Waals surface area (Å²) in [6.07, 6.45) is 4.79. The van der Waals surface area contributed by atoms with E-state index in [9.17, 15) is 5.11 Å². The van der Waals surface area contributed by atoms with Crippen molar-refractivity contribution >= 4 is 0 Å². The van der Waals surface area contributed by atoms with Crippen LogP contribution in [0.5, 0.6) is 0 Å². The molecule has 1 aromatic heterocycles. The Morgan fingerprint density at radius 3 is 2.80 bits per heavy atom. The lowest BCUT2D eigenvalue weighted by Gasteiger charge is -2.35. The highest BCUT2D eigenvalue weighted by Gasteiger charge is 2.34. The van der Waals surface area contributed by atoms with Gasteiger partial charge in [-0.2, -0.15) is 0 Å². The van der Waals surface area contributed by atoms with Crippen LogP contribution in [0.4, 0.5) is 0 Å². The second-order valence-corrected chi connectivity index (χ2v) is 7.81. The SMILES string of the molecule is COCCC(C)(C)Cn1ccc2c1CC(C)(C)CC2O. The topological polar surface area (TPSA) is 34.4 Å². The highest BCUT2D eigenvalue weighted by Crippen LogP contribution is 2.41. The van der Waals surface area contributed by atoms with Gasteiger partial charge in [0.15, 0.2) is 0 Å². The molecule has 0 saturated heterocycles. The van der Waals surface area contributed by atoms with Crippen molar-refractivity contribution in [2.45, 2.75) is 59.6 Å². The summed E-state index contributed by atoms with van der Waals surface area (Å²) in [4.78, 5) is 0. The second kappa shape index (κ2) is 5.53. The van der Waals surface area contributed by atoms with Crippen molar-refractivity contribution in [3.8, 4) is 0 Å². The third-order valence-corrected chi connectivity index (χ3v) is 4.45. The highest BCUT2D eigenvalue weighted by molar-refractivity contribution is 5.29. The van der Waals surface area contributed by atoms with Crippen LogP contribution in [0.15, 0.2) is 12.3 Å². The Balaban J connectivity index is 2.19. The third-order valence-electron chi connectivity index (χ3n) is 4.45. The highest BCUT2D eigenvalue weighted by atomic mass is 16.5. The van der Waals surface area contributed by atoms with Gasteiger partial charge in [0.2, 0.25) is 0 Å². The van der Waals surface area contributed by atoms with Gasteiger partial charge in [-0.15, -0.1) is 0 Å². The molecule has 1 N–H and O–H groups in total. The van der Waals surface area contributed by atoms with E-state index in [1.54, 1.807) is 7.11 Å². The predicted molar refractivity (Wildman–Crippen MR) is 81.8 cm³/mol. The standard InChI is InChI=1S/C17H29NO2/c1-16(2,7-9-20-5)12-18-8-6-13-14(18)10-17(3,4)11-15(13)19/h6,8,15,19H,7,9-12H2,1-5H3. The first-order valence-corrected chi connectivity index (χ1v) is 7.59. The van der Waals surface area contributed by atoms with E-state index in [-0.39, 0.29) is 16.9 Å². The molecule has 0 aliphatic heterocycles. The third kappa shape index (κ3) is 3.44. The minimum Gasteiger partial charge on any atom is -0.388 e. The Kier molecular flexibility index (Phi) is 4.31. The van der Waals surface area contributed by atoms with Crippen LogP contribution in [0.2, 0.25) is 0 Å². The molecule has 1 atom stereocenters. The summed E-state index contributed by atoms with van der Waals surface area (Å²) in [6.45, 7) is 10.8. The van der Waals surface area contributed by atoms with Crippen LogP contribution < -0.4 is 0 Å². The van der Waals surface area contributed by atoms with Crippen LogP contribution in [0.1, 0.15) is 57.9 Å². The molecule has 0 amide bonds. The van der Waals surface area contributed by atoms with Gasteiger partial charge in [0, 0.05) is 37.7 Å². The number of aromatic nitrogens is 1. The fourth-order valence-corrected chi connectivity index (χ4v) is 3.25. The van der Waals surface area contributed by atoms with E-state index >= 15 is 0 Å². The van der Waals surface area contributed by atoms with Gasteiger partial charge in [-0.05, 0) is 36.2 Å². The predicted octanol–water partition coefficient (Wildman–Crippen LogP) is 3.56. The lowest BCUT2D eigenvalue weighted by atomic mass is 9.75. The van der Waals surface area contributed by atoms with E-state index in [0.29, 0.717) is 0 Å². The first-order chi connectivity index (χ1) is 9.24. The smallest absolute Gasteiger partial charge is 0.0812 e. The van der Waals surface area contributed by atoms with E-state index in [0.717, 1.165) is 38.0 Å². The van der Waals surface area contributed by atoms with E-state index < -0.39 is 0 Å². The first kappa shape index (κ1) is 15.6. The van der Waals surface area contributed by atoms with Crippen LogP contribution in [0.3, 0.4) is 0 Å². The van der Waals surface area contributed by atoms with Crippen molar-refractivity contribution in [3.63, 3.8) is 0 Å². The number of rotatable bonds is 5.